The maximum Gasteiger partial charge on any atom is 0.0467 e. The molecule has 0 aromatic heterocycles. The molecular weight excluding hydrogens is 200 g/mol. The van der Waals surface area contributed by atoms with E-state index in [2.05, 4.69) is 33.0 Å². The molecule has 0 heterocycles. The van der Waals surface area contributed by atoms with Crippen LogP contribution >= 0.6 is 0 Å². The maximum atomic E-state index is 6.24. The summed E-state index contributed by atoms with van der Waals surface area (Å²) in [5.41, 5.74) is 6.47. The van der Waals surface area contributed by atoms with Gasteiger partial charge in [0.25, 0.3) is 0 Å². The average Bonchev–Trinajstić information content (AvgIpc) is 2.26. The molecule has 0 radical (unpaired) electrons. The monoisotopic (exact) mass is 230 g/mol. The number of methoxy groups -OCH3 is 1. The summed E-state index contributed by atoms with van der Waals surface area (Å²) in [5, 5.41) is 3.50. The summed E-state index contributed by atoms with van der Waals surface area (Å²) in [5.74, 6) is 0. The average molecular weight is 230 g/mol. The van der Waals surface area contributed by atoms with Crippen LogP contribution in [0.5, 0.6) is 0 Å². The summed E-state index contributed by atoms with van der Waals surface area (Å²) in [4.78, 5) is 0. The molecule has 0 aromatic rings. The van der Waals surface area contributed by atoms with E-state index in [1.54, 1.807) is 7.11 Å². The molecular formula is C13H30N2O. The number of nitrogens with one attached hydrogen (secondary N) is 1. The highest BCUT2D eigenvalue weighted by atomic mass is 16.5. The Morgan fingerprint density at radius 3 is 2.12 bits per heavy atom. The number of ether oxygens (including phenoxy) is 1. The fraction of sp³-hybridized carbons (Fsp3) is 1.00. The summed E-state index contributed by atoms with van der Waals surface area (Å²) < 4.78 is 5.11. The highest BCUT2D eigenvalue weighted by molar-refractivity contribution is 4.84. The van der Waals surface area contributed by atoms with Gasteiger partial charge >= 0.3 is 0 Å². The predicted octanol–water partition coefficient (Wildman–Crippen LogP) is 2.16. The quantitative estimate of drug-likeness (QED) is 0.638. The predicted molar refractivity (Wildman–Crippen MR) is 70.6 cm³/mol. The molecule has 3 N–H and O–H groups in total. The Balaban J connectivity index is 3.87. The Labute approximate surface area is 101 Å². The zero-order valence-corrected chi connectivity index (χ0v) is 11.7. The lowest BCUT2D eigenvalue weighted by atomic mass is 9.88. The van der Waals surface area contributed by atoms with E-state index < -0.39 is 0 Å². The molecule has 3 heteroatoms. The van der Waals surface area contributed by atoms with Crippen molar-refractivity contribution >= 4 is 0 Å². The van der Waals surface area contributed by atoms with Crippen molar-refractivity contribution in [1.29, 1.82) is 0 Å². The third-order valence-corrected chi connectivity index (χ3v) is 3.47. The molecule has 98 valence electrons. The first-order chi connectivity index (χ1) is 7.39. The van der Waals surface area contributed by atoms with Crippen molar-refractivity contribution in [2.75, 3.05) is 26.8 Å². The van der Waals surface area contributed by atoms with Gasteiger partial charge in [-0.1, -0.05) is 27.7 Å². The van der Waals surface area contributed by atoms with Gasteiger partial charge in [0.15, 0.2) is 0 Å². The minimum absolute atomic E-state index is 0.0443. The summed E-state index contributed by atoms with van der Waals surface area (Å²) >= 11 is 0. The van der Waals surface area contributed by atoms with E-state index in [-0.39, 0.29) is 11.0 Å². The number of nitrogens with two attached hydrogens (primary N) is 1. The van der Waals surface area contributed by atoms with E-state index in [0.29, 0.717) is 0 Å². The summed E-state index contributed by atoms with van der Waals surface area (Å²) in [6.45, 7) is 11.5. The molecule has 0 aliphatic heterocycles. The molecule has 0 aliphatic rings. The number of hydrogen-bond acceptors (Lipinski definition) is 3. The fourth-order valence-electron chi connectivity index (χ4n) is 1.62. The topological polar surface area (TPSA) is 47.3 Å². The summed E-state index contributed by atoms with van der Waals surface area (Å²) in [6.07, 6.45) is 3.12. The standard InChI is InChI=1S/C13H30N2O/c1-6-13(14,7-2)11-15-10-12(3,4)8-9-16-5/h15H,6-11,14H2,1-5H3. The van der Waals surface area contributed by atoms with Gasteiger partial charge in [-0.25, -0.2) is 0 Å². The van der Waals surface area contributed by atoms with E-state index in [1.165, 1.54) is 0 Å². The molecule has 0 spiro atoms. The Hall–Kier alpha value is -0.120. The van der Waals surface area contributed by atoms with Gasteiger partial charge in [-0.15, -0.1) is 0 Å². The maximum absolute atomic E-state index is 6.24. The van der Waals surface area contributed by atoms with Gasteiger partial charge in [0.2, 0.25) is 0 Å². The van der Waals surface area contributed by atoms with Gasteiger partial charge in [-0.3, -0.25) is 0 Å². The highest BCUT2D eigenvalue weighted by Gasteiger charge is 2.22. The molecule has 16 heavy (non-hydrogen) atoms. The van der Waals surface area contributed by atoms with Crippen LogP contribution in [0.3, 0.4) is 0 Å². The Morgan fingerprint density at radius 1 is 1.12 bits per heavy atom. The molecule has 0 saturated heterocycles. The van der Waals surface area contributed by atoms with Gasteiger partial charge in [0, 0.05) is 32.3 Å². The minimum Gasteiger partial charge on any atom is -0.385 e. The molecule has 0 saturated carbocycles. The van der Waals surface area contributed by atoms with Crippen LogP contribution < -0.4 is 11.1 Å². The number of hydrogen-bond donors (Lipinski definition) is 2. The first-order valence-electron chi connectivity index (χ1n) is 6.37. The summed E-state index contributed by atoms with van der Waals surface area (Å²) in [7, 11) is 1.75. The molecule has 0 aliphatic carbocycles. The third-order valence-electron chi connectivity index (χ3n) is 3.47. The third kappa shape index (κ3) is 6.46. The second kappa shape index (κ2) is 7.25. The lowest BCUT2D eigenvalue weighted by molar-refractivity contribution is 0.149. The van der Waals surface area contributed by atoms with Crippen molar-refractivity contribution in [2.24, 2.45) is 11.1 Å². The van der Waals surface area contributed by atoms with Crippen LogP contribution in [0.1, 0.15) is 47.0 Å². The Morgan fingerprint density at radius 2 is 1.69 bits per heavy atom. The van der Waals surface area contributed by atoms with Crippen LogP contribution in [0.25, 0.3) is 0 Å². The first kappa shape index (κ1) is 15.9. The van der Waals surface area contributed by atoms with Crippen molar-refractivity contribution < 1.29 is 4.74 Å². The second-order valence-electron chi connectivity index (χ2n) is 5.58. The zero-order valence-electron chi connectivity index (χ0n) is 11.7. The molecule has 0 unspecified atom stereocenters. The molecule has 0 aromatic carbocycles. The van der Waals surface area contributed by atoms with E-state index in [4.69, 9.17) is 10.5 Å². The van der Waals surface area contributed by atoms with Gasteiger partial charge in [0.1, 0.15) is 0 Å². The fourth-order valence-corrected chi connectivity index (χ4v) is 1.62. The van der Waals surface area contributed by atoms with Gasteiger partial charge in [-0.2, -0.15) is 0 Å². The van der Waals surface area contributed by atoms with Crippen molar-refractivity contribution in [3.05, 3.63) is 0 Å². The van der Waals surface area contributed by atoms with E-state index in [1.807, 2.05) is 0 Å². The highest BCUT2D eigenvalue weighted by Crippen LogP contribution is 2.19. The van der Waals surface area contributed by atoms with Crippen LogP contribution in [0.15, 0.2) is 0 Å². The SMILES string of the molecule is CCC(N)(CC)CNCC(C)(C)CCOC. The van der Waals surface area contributed by atoms with Gasteiger partial charge < -0.3 is 15.8 Å². The lowest BCUT2D eigenvalue weighted by Crippen LogP contribution is -2.49. The van der Waals surface area contributed by atoms with Crippen LogP contribution in [-0.2, 0) is 4.74 Å². The first-order valence-corrected chi connectivity index (χ1v) is 6.37. The van der Waals surface area contributed by atoms with E-state index in [9.17, 15) is 0 Å². The van der Waals surface area contributed by atoms with E-state index in [0.717, 1.165) is 39.0 Å². The lowest BCUT2D eigenvalue weighted by Gasteiger charge is -2.30. The smallest absolute Gasteiger partial charge is 0.0467 e. The van der Waals surface area contributed by atoms with Gasteiger partial charge in [-0.05, 0) is 24.7 Å². The molecule has 0 bridgehead atoms. The van der Waals surface area contributed by atoms with Crippen molar-refractivity contribution in [3.63, 3.8) is 0 Å². The Kier molecular flexibility index (Phi) is 7.20. The van der Waals surface area contributed by atoms with Crippen molar-refractivity contribution in [1.82, 2.24) is 5.32 Å². The number of rotatable bonds is 9. The second-order valence-corrected chi connectivity index (χ2v) is 5.58. The molecule has 0 amide bonds. The zero-order chi connectivity index (χ0) is 12.7. The van der Waals surface area contributed by atoms with Crippen LogP contribution in [0.2, 0.25) is 0 Å². The van der Waals surface area contributed by atoms with Crippen molar-refractivity contribution in [3.8, 4) is 0 Å². The van der Waals surface area contributed by atoms with Crippen molar-refractivity contribution in [2.45, 2.75) is 52.5 Å². The van der Waals surface area contributed by atoms with Crippen LogP contribution in [-0.4, -0.2) is 32.3 Å². The molecule has 0 fully saturated rings. The normalized spacial score (nSPS) is 13.1. The van der Waals surface area contributed by atoms with Gasteiger partial charge in [0.05, 0.1) is 0 Å². The van der Waals surface area contributed by atoms with Crippen LogP contribution in [0, 0.1) is 5.41 Å². The Bertz CT molecular complexity index is 177. The van der Waals surface area contributed by atoms with Crippen LogP contribution in [0.4, 0.5) is 0 Å². The summed E-state index contributed by atoms with van der Waals surface area (Å²) in [6, 6.07) is 0. The molecule has 0 rings (SSSR count). The van der Waals surface area contributed by atoms with E-state index >= 15 is 0 Å². The molecule has 0 atom stereocenters. The molecule has 3 nitrogen and oxygen atoms in total. The minimum atomic E-state index is -0.0443. The largest absolute Gasteiger partial charge is 0.385 e.